The van der Waals surface area contributed by atoms with Gasteiger partial charge in [-0.25, -0.2) is 9.13 Å². The Kier molecular flexibility index (Phi) is 9.53. The summed E-state index contributed by atoms with van der Waals surface area (Å²) in [6.07, 6.45) is 17.9. The molecule has 0 aliphatic heterocycles. The van der Waals surface area contributed by atoms with Gasteiger partial charge in [-0.3, -0.25) is 9.59 Å². The maximum Gasteiger partial charge on any atom is 0.179 e. The third-order valence-electron chi connectivity index (χ3n) is 5.11. The lowest BCUT2D eigenvalue weighted by atomic mass is 10.1. The molecule has 150 valence electrons. The number of unbranched alkanes of at least 4 members (excludes halogenated alkanes) is 7. The van der Waals surface area contributed by atoms with Gasteiger partial charge in [0.2, 0.25) is 0 Å². The van der Waals surface area contributed by atoms with Crippen molar-refractivity contribution in [2.24, 2.45) is 0 Å². The molecule has 0 atom stereocenters. The van der Waals surface area contributed by atoms with E-state index < -0.39 is 0 Å². The fourth-order valence-corrected chi connectivity index (χ4v) is 3.39. The number of carbonyl (C=O) groups is 2. The van der Waals surface area contributed by atoms with Crippen LogP contribution >= 0.6 is 0 Å². The highest BCUT2D eigenvalue weighted by atomic mass is 16.1. The summed E-state index contributed by atoms with van der Waals surface area (Å²) in [4.78, 5) is 22.8. The minimum atomic E-state index is 0.124. The van der Waals surface area contributed by atoms with Gasteiger partial charge in [-0.05, 0) is 38.8 Å². The van der Waals surface area contributed by atoms with Crippen LogP contribution in [0.4, 0.5) is 0 Å². The van der Waals surface area contributed by atoms with Gasteiger partial charge in [-0.2, -0.15) is 0 Å². The largest absolute Gasteiger partial charge is 0.294 e. The molecule has 2 aromatic rings. The number of carbonyl (C=O) groups excluding carboxylic acids is 2. The van der Waals surface area contributed by atoms with Gasteiger partial charge in [0.05, 0.1) is 11.1 Å². The van der Waals surface area contributed by atoms with Crippen LogP contribution in [0.1, 0.15) is 85.9 Å². The van der Waals surface area contributed by atoms with E-state index in [-0.39, 0.29) is 11.6 Å². The van der Waals surface area contributed by atoms with E-state index in [0.717, 1.165) is 37.1 Å². The van der Waals surface area contributed by atoms with Crippen LogP contribution in [0.3, 0.4) is 0 Å². The molecule has 0 saturated heterocycles. The number of pyridine rings is 2. The molecular weight excluding hydrogens is 348 g/mol. The third kappa shape index (κ3) is 8.12. The minimum absolute atomic E-state index is 0.124. The predicted molar refractivity (Wildman–Crippen MR) is 110 cm³/mol. The van der Waals surface area contributed by atoms with Crippen molar-refractivity contribution < 1.29 is 18.7 Å². The number of aryl methyl sites for hydroxylation is 2. The monoisotopic (exact) mass is 382 g/mol. The lowest BCUT2D eigenvalue weighted by Gasteiger charge is -2.02. The van der Waals surface area contributed by atoms with Crippen molar-refractivity contribution in [3.63, 3.8) is 0 Å². The Hall–Kier alpha value is -2.36. The molecule has 0 radical (unpaired) electrons. The molecule has 0 N–H and O–H groups in total. The van der Waals surface area contributed by atoms with E-state index in [0.29, 0.717) is 0 Å². The molecule has 2 heterocycles. The Balaban J connectivity index is 1.49. The van der Waals surface area contributed by atoms with E-state index in [1.807, 2.05) is 49.1 Å². The molecule has 0 aliphatic carbocycles. The van der Waals surface area contributed by atoms with Crippen molar-refractivity contribution in [3.8, 4) is 0 Å². The van der Waals surface area contributed by atoms with Crippen LogP contribution in [0.5, 0.6) is 0 Å². The number of hydrogen-bond donors (Lipinski definition) is 0. The van der Waals surface area contributed by atoms with E-state index in [9.17, 15) is 9.59 Å². The van der Waals surface area contributed by atoms with E-state index in [4.69, 9.17) is 0 Å². The fourth-order valence-electron chi connectivity index (χ4n) is 3.39. The van der Waals surface area contributed by atoms with Gasteiger partial charge in [-0.15, -0.1) is 0 Å². The zero-order chi connectivity index (χ0) is 20.2. The molecule has 4 nitrogen and oxygen atoms in total. The summed E-state index contributed by atoms with van der Waals surface area (Å²) in [6.45, 7) is 5.19. The van der Waals surface area contributed by atoms with Gasteiger partial charge in [-0.1, -0.05) is 25.7 Å². The van der Waals surface area contributed by atoms with E-state index in [1.54, 1.807) is 13.8 Å². The zero-order valence-corrected chi connectivity index (χ0v) is 17.4. The molecular formula is C24H34N2O2+2. The maximum atomic E-state index is 11.4. The molecule has 2 aromatic heterocycles. The van der Waals surface area contributed by atoms with Crippen LogP contribution in [0.25, 0.3) is 0 Å². The molecule has 0 bridgehead atoms. The van der Waals surface area contributed by atoms with E-state index >= 15 is 0 Å². The van der Waals surface area contributed by atoms with Gasteiger partial charge in [0.25, 0.3) is 0 Å². The smallest absolute Gasteiger partial charge is 0.179 e. The summed E-state index contributed by atoms with van der Waals surface area (Å²) in [5.74, 6) is 0.249. The summed E-state index contributed by atoms with van der Waals surface area (Å²) in [7, 11) is 0. The highest BCUT2D eigenvalue weighted by Gasteiger charge is 2.07. The molecule has 0 fully saturated rings. The molecule has 0 spiro atoms. The minimum Gasteiger partial charge on any atom is -0.294 e. The van der Waals surface area contributed by atoms with E-state index in [1.165, 1.54) is 38.5 Å². The zero-order valence-electron chi connectivity index (χ0n) is 17.4. The first kappa shape index (κ1) is 21.9. The summed E-state index contributed by atoms with van der Waals surface area (Å²) < 4.78 is 4.24. The van der Waals surface area contributed by atoms with Crippen molar-refractivity contribution in [3.05, 3.63) is 60.2 Å². The van der Waals surface area contributed by atoms with Crippen LogP contribution in [-0.2, 0) is 13.1 Å². The Labute approximate surface area is 169 Å². The van der Waals surface area contributed by atoms with Crippen molar-refractivity contribution in [1.29, 1.82) is 0 Å². The Morgan fingerprint density at radius 3 is 1.36 bits per heavy atom. The topological polar surface area (TPSA) is 41.9 Å². The molecule has 0 saturated carbocycles. The number of rotatable bonds is 13. The Bertz CT molecular complexity index is 705. The lowest BCUT2D eigenvalue weighted by Crippen LogP contribution is -2.33. The number of aromatic nitrogens is 2. The van der Waals surface area contributed by atoms with Gasteiger partial charge in [0.1, 0.15) is 13.1 Å². The number of nitrogens with zero attached hydrogens (tertiary/aromatic N) is 2. The second-order valence-electron chi connectivity index (χ2n) is 7.60. The predicted octanol–water partition coefficient (Wildman–Crippen LogP) is 4.49. The molecule has 4 heteroatoms. The second kappa shape index (κ2) is 12.2. The van der Waals surface area contributed by atoms with E-state index in [2.05, 4.69) is 9.13 Å². The standard InChI is InChI=1S/C24H34N2O2/c1-21(27)23-13-11-17-25(19-23)15-9-7-5-3-4-6-8-10-16-26-18-12-14-24(20-26)22(2)28/h11-14,17-20H,3-10,15-16H2,1-2H3/q+2. The number of Topliss-reactive ketones (excluding diaryl/α,β-unsaturated/α-hetero) is 2. The average molecular weight is 383 g/mol. The Morgan fingerprint density at radius 1 is 0.643 bits per heavy atom. The summed E-state index contributed by atoms with van der Waals surface area (Å²) in [6, 6.07) is 7.64. The highest BCUT2D eigenvalue weighted by Crippen LogP contribution is 2.09. The molecule has 2 rings (SSSR count). The van der Waals surface area contributed by atoms with Crippen molar-refractivity contribution in [2.75, 3.05) is 0 Å². The first-order valence-corrected chi connectivity index (χ1v) is 10.6. The first-order chi connectivity index (χ1) is 13.6. The molecule has 0 amide bonds. The van der Waals surface area contributed by atoms with Crippen molar-refractivity contribution in [1.82, 2.24) is 0 Å². The van der Waals surface area contributed by atoms with Crippen LogP contribution in [0.2, 0.25) is 0 Å². The van der Waals surface area contributed by atoms with Crippen molar-refractivity contribution >= 4 is 11.6 Å². The van der Waals surface area contributed by atoms with Gasteiger partial charge >= 0.3 is 0 Å². The first-order valence-electron chi connectivity index (χ1n) is 10.6. The van der Waals surface area contributed by atoms with Crippen LogP contribution in [-0.4, -0.2) is 11.6 Å². The van der Waals surface area contributed by atoms with Crippen molar-refractivity contribution in [2.45, 2.75) is 78.3 Å². The summed E-state index contributed by atoms with van der Waals surface area (Å²) >= 11 is 0. The third-order valence-corrected chi connectivity index (χ3v) is 5.11. The molecule has 28 heavy (non-hydrogen) atoms. The Morgan fingerprint density at radius 2 is 1.00 bits per heavy atom. The summed E-state index contributed by atoms with van der Waals surface area (Å²) in [5, 5.41) is 0. The van der Waals surface area contributed by atoms with Crippen LogP contribution < -0.4 is 9.13 Å². The van der Waals surface area contributed by atoms with Crippen LogP contribution in [0, 0.1) is 0 Å². The SMILES string of the molecule is CC(=O)c1ccc[n+](CCCCCCCCCC[n+]2cccc(C(C)=O)c2)c1. The number of ketones is 2. The quantitative estimate of drug-likeness (QED) is 0.291. The fraction of sp³-hybridized carbons (Fsp3) is 0.500. The van der Waals surface area contributed by atoms with Crippen LogP contribution in [0.15, 0.2) is 49.1 Å². The lowest BCUT2D eigenvalue weighted by molar-refractivity contribution is -0.697. The maximum absolute atomic E-state index is 11.4. The number of hydrogen-bond acceptors (Lipinski definition) is 2. The molecule has 0 aliphatic rings. The molecule has 0 aromatic carbocycles. The molecule has 0 unspecified atom stereocenters. The second-order valence-corrected chi connectivity index (χ2v) is 7.60. The van der Waals surface area contributed by atoms with Gasteiger partial charge in [0, 0.05) is 25.0 Å². The van der Waals surface area contributed by atoms with Gasteiger partial charge in [0.15, 0.2) is 36.4 Å². The van der Waals surface area contributed by atoms with Gasteiger partial charge < -0.3 is 0 Å². The normalized spacial score (nSPS) is 10.8. The summed E-state index contributed by atoms with van der Waals surface area (Å²) in [5.41, 5.74) is 1.57. The highest BCUT2D eigenvalue weighted by molar-refractivity contribution is 5.93. The average Bonchev–Trinajstić information content (AvgIpc) is 2.69.